The predicted molar refractivity (Wildman–Crippen MR) is 82.3 cm³/mol. The van der Waals surface area contributed by atoms with Crippen LogP contribution in [0.4, 0.5) is 5.69 Å². The fourth-order valence-corrected chi connectivity index (χ4v) is 2.34. The first-order valence-corrected chi connectivity index (χ1v) is 6.81. The number of carbonyl (C=O) groups is 1. The van der Waals surface area contributed by atoms with Gasteiger partial charge in [0.15, 0.2) is 0 Å². The minimum absolute atomic E-state index is 0.120. The number of nitrogens with one attached hydrogen (secondary N) is 1. The summed E-state index contributed by atoms with van der Waals surface area (Å²) in [5.41, 5.74) is 2.34. The Labute approximate surface area is 123 Å². The van der Waals surface area contributed by atoms with Crippen molar-refractivity contribution >= 4 is 39.7 Å². The number of pyridine rings is 1. The van der Waals surface area contributed by atoms with E-state index in [2.05, 4.69) is 33.0 Å². The van der Waals surface area contributed by atoms with Gasteiger partial charge >= 0.3 is 0 Å². The van der Waals surface area contributed by atoms with Crippen LogP contribution >= 0.6 is 22.6 Å². The van der Waals surface area contributed by atoms with Crippen molar-refractivity contribution in [1.82, 2.24) is 9.61 Å². The number of carbonyl (C=O) groups excluding carboxylic acids is 1. The molecule has 0 aliphatic rings. The molecule has 0 aliphatic carbocycles. The third-order valence-corrected chi connectivity index (χ3v) is 3.60. The summed E-state index contributed by atoms with van der Waals surface area (Å²) in [5.74, 6) is -0.120. The van der Waals surface area contributed by atoms with Crippen LogP contribution in [0.25, 0.3) is 5.52 Å². The fraction of sp³-hybridized carbons (Fsp3) is 0. The third-order valence-electron chi connectivity index (χ3n) is 2.77. The second-order valence-electron chi connectivity index (χ2n) is 4.06. The monoisotopic (exact) mass is 363 g/mol. The lowest BCUT2D eigenvalue weighted by atomic mass is 10.2. The summed E-state index contributed by atoms with van der Waals surface area (Å²) in [6, 6.07) is 13.0. The zero-order chi connectivity index (χ0) is 13.2. The standard InChI is InChI=1S/C14H10IN3O/c15-12-9-16-18-7-6-10(8-13(12)18)14(19)17-11-4-2-1-3-5-11/h1-9H,(H,17,19). The van der Waals surface area contributed by atoms with E-state index < -0.39 is 0 Å². The molecule has 1 aromatic carbocycles. The van der Waals surface area contributed by atoms with Gasteiger partial charge in [0.25, 0.3) is 5.91 Å². The van der Waals surface area contributed by atoms with Crippen molar-refractivity contribution in [1.29, 1.82) is 0 Å². The first-order valence-electron chi connectivity index (χ1n) is 5.73. The van der Waals surface area contributed by atoms with Crippen LogP contribution in [0.3, 0.4) is 0 Å². The number of nitrogens with zero attached hydrogens (tertiary/aromatic N) is 2. The molecular weight excluding hydrogens is 353 g/mol. The Morgan fingerprint density at radius 1 is 1.21 bits per heavy atom. The van der Waals surface area contributed by atoms with E-state index >= 15 is 0 Å². The van der Waals surface area contributed by atoms with Crippen molar-refractivity contribution in [3.63, 3.8) is 0 Å². The average Bonchev–Trinajstić information content (AvgIpc) is 2.81. The molecule has 0 spiro atoms. The van der Waals surface area contributed by atoms with Gasteiger partial charge in [-0.3, -0.25) is 4.79 Å². The number of amides is 1. The van der Waals surface area contributed by atoms with Crippen molar-refractivity contribution in [2.75, 3.05) is 5.32 Å². The van der Waals surface area contributed by atoms with E-state index in [1.807, 2.05) is 36.4 Å². The van der Waals surface area contributed by atoms with Crippen LogP contribution in [0, 0.1) is 3.57 Å². The van der Waals surface area contributed by atoms with Gasteiger partial charge in [-0.25, -0.2) is 4.52 Å². The maximum absolute atomic E-state index is 12.1. The number of hydrogen-bond acceptors (Lipinski definition) is 2. The molecule has 0 bridgehead atoms. The van der Waals surface area contributed by atoms with Crippen molar-refractivity contribution in [3.05, 3.63) is 64.0 Å². The van der Waals surface area contributed by atoms with Gasteiger partial charge in [0, 0.05) is 17.4 Å². The molecule has 3 rings (SSSR count). The van der Waals surface area contributed by atoms with Gasteiger partial charge in [0.2, 0.25) is 0 Å². The van der Waals surface area contributed by atoms with Crippen LogP contribution in [-0.2, 0) is 0 Å². The summed E-state index contributed by atoms with van der Waals surface area (Å²) in [6.07, 6.45) is 3.56. The molecule has 94 valence electrons. The largest absolute Gasteiger partial charge is 0.322 e. The van der Waals surface area contributed by atoms with Gasteiger partial charge in [0.05, 0.1) is 15.3 Å². The highest BCUT2D eigenvalue weighted by molar-refractivity contribution is 14.1. The highest BCUT2D eigenvalue weighted by atomic mass is 127. The lowest BCUT2D eigenvalue weighted by molar-refractivity contribution is 0.102. The molecule has 5 heteroatoms. The Hall–Kier alpha value is -1.89. The Morgan fingerprint density at radius 3 is 2.79 bits per heavy atom. The second-order valence-corrected chi connectivity index (χ2v) is 5.22. The van der Waals surface area contributed by atoms with E-state index in [4.69, 9.17) is 0 Å². The van der Waals surface area contributed by atoms with Crippen LogP contribution in [0.5, 0.6) is 0 Å². The molecule has 0 saturated carbocycles. The normalized spacial score (nSPS) is 10.6. The van der Waals surface area contributed by atoms with Crippen LogP contribution in [0.15, 0.2) is 54.9 Å². The highest BCUT2D eigenvalue weighted by Crippen LogP contribution is 2.15. The lowest BCUT2D eigenvalue weighted by Gasteiger charge is -2.05. The number of aromatic nitrogens is 2. The molecule has 0 atom stereocenters. The Bertz CT molecular complexity index is 737. The number of rotatable bonds is 2. The molecule has 0 aliphatic heterocycles. The minimum Gasteiger partial charge on any atom is -0.322 e. The molecule has 2 aromatic heterocycles. The van der Waals surface area contributed by atoms with Crippen LogP contribution < -0.4 is 5.32 Å². The zero-order valence-corrected chi connectivity index (χ0v) is 12.0. The Balaban J connectivity index is 1.91. The second kappa shape index (κ2) is 5.00. The van der Waals surface area contributed by atoms with Gasteiger partial charge in [-0.1, -0.05) is 18.2 Å². The molecular formula is C14H10IN3O. The van der Waals surface area contributed by atoms with Crippen LogP contribution in [-0.4, -0.2) is 15.5 Å². The summed E-state index contributed by atoms with van der Waals surface area (Å²) in [7, 11) is 0. The van der Waals surface area contributed by atoms with E-state index in [1.165, 1.54) is 0 Å². The van der Waals surface area contributed by atoms with Gasteiger partial charge in [-0.2, -0.15) is 5.10 Å². The average molecular weight is 363 g/mol. The number of benzene rings is 1. The maximum Gasteiger partial charge on any atom is 0.255 e. The van der Waals surface area contributed by atoms with Gasteiger partial charge in [-0.05, 0) is 46.9 Å². The van der Waals surface area contributed by atoms with Gasteiger partial charge in [-0.15, -0.1) is 0 Å². The summed E-state index contributed by atoms with van der Waals surface area (Å²) < 4.78 is 2.77. The molecule has 1 N–H and O–H groups in total. The summed E-state index contributed by atoms with van der Waals surface area (Å²) in [4.78, 5) is 12.1. The molecule has 1 amide bonds. The SMILES string of the molecule is O=C(Nc1ccccc1)c1ccn2ncc(I)c2c1. The highest BCUT2D eigenvalue weighted by Gasteiger charge is 2.08. The molecule has 3 aromatic rings. The Morgan fingerprint density at radius 2 is 2.00 bits per heavy atom. The van der Waals surface area contributed by atoms with Crippen molar-refractivity contribution in [2.45, 2.75) is 0 Å². The molecule has 4 nitrogen and oxygen atoms in total. The van der Waals surface area contributed by atoms with Gasteiger partial charge < -0.3 is 5.32 Å². The number of hydrogen-bond donors (Lipinski definition) is 1. The summed E-state index contributed by atoms with van der Waals surface area (Å²) >= 11 is 2.20. The summed E-state index contributed by atoms with van der Waals surface area (Å²) in [5, 5.41) is 7.04. The van der Waals surface area contributed by atoms with Crippen LogP contribution in [0.1, 0.15) is 10.4 Å². The van der Waals surface area contributed by atoms with E-state index in [1.54, 1.807) is 23.0 Å². The quantitative estimate of drug-likeness (QED) is 0.711. The lowest BCUT2D eigenvalue weighted by Crippen LogP contribution is -2.12. The maximum atomic E-state index is 12.1. The molecule has 2 heterocycles. The van der Waals surface area contributed by atoms with E-state index in [-0.39, 0.29) is 5.91 Å². The molecule has 0 fully saturated rings. The smallest absolute Gasteiger partial charge is 0.255 e. The molecule has 0 saturated heterocycles. The van der Waals surface area contributed by atoms with E-state index in [0.717, 1.165) is 14.8 Å². The van der Waals surface area contributed by atoms with Crippen molar-refractivity contribution in [3.8, 4) is 0 Å². The number of fused-ring (bicyclic) bond motifs is 1. The van der Waals surface area contributed by atoms with Crippen molar-refractivity contribution < 1.29 is 4.79 Å². The van der Waals surface area contributed by atoms with E-state index in [9.17, 15) is 4.79 Å². The number of para-hydroxylation sites is 1. The molecule has 19 heavy (non-hydrogen) atoms. The number of halogens is 1. The summed E-state index contributed by atoms with van der Waals surface area (Å²) in [6.45, 7) is 0. The zero-order valence-electron chi connectivity index (χ0n) is 9.88. The number of anilines is 1. The van der Waals surface area contributed by atoms with Gasteiger partial charge in [0.1, 0.15) is 0 Å². The van der Waals surface area contributed by atoms with Crippen LogP contribution in [0.2, 0.25) is 0 Å². The third kappa shape index (κ3) is 2.46. The van der Waals surface area contributed by atoms with Crippen molar-refractivity contribution in [2.24, 2.45) is 0 Å². The first-order chi connectivity index (χ1) is 9.24. The first kappa shape index (κ1) is 12.2. The minimum atomic E-state index is -0.120. The molecule has 0 radical (unpaired) electrons. The predicted octanol–water partition coefficient (Wildman–Crippen LogP) is 3.19. The topological polar surface area (TPSA) is 46.4 Å². The Kier molecular flexibility index (Phi) is 3.20. The fourth-order valence-electron chi connectivity index (χ4n) is 1.82. The van der Waals surface area contributed by atoms with E-state index in [0.29, 0.717) is 5.56 Å². The molecule has 0 unspecified atom stereocenters.